The number of hydrogen-bond acceptors (Lipinski definition) is 3. The van der Waals surface area contributed by atoms with Crippen LogP contribution in [-0.4, -0.2) is 17.4 Å². The third kappa shape index (κ3) is 3.96. The average molecular weight is 302 g/mol. The lowest BCUT2D eigenvalue weighted by molar-refractivity contribution is 0.102. The maximum absolute atomic E-state index is 12.0. The quantitative estimate of drug-likeness (QED) is 0.736. The molecule has 6 heteroatoms. The van der Waals surface area contributed by atoms with E-state index in [1.807, 2.05) is 0 Å². The number of carbonyl (C=O) groups is 1. The third-order valence-electron chi connectivity index (χ3n) is 2.56. The van der Waals surface area contributed by atoms with E-state index in [1.165, 1.54) is 18.2 Å². The molecule has 0 fully saturated rings. The van der Waals surface area contributed by atoms with E-state index in [-0.39, 0.29) is 17.8 Å². The molecule has 1 aromatic heterocycles. The molecule has 0 aliphatic heterocycles. The van der Waals surface area contributed by atoms with Gasteiger partial charge < -0.3 is 16.0 Å². The summed E-state index contributed by atoms with van der Waals surface area (Å²) in [6.45, 7) is 0.220. The summed E-state index contributed by atoms with van der Waals surface area (Å²) in [5, 5.41) is 3.14. The van der Waals surface area contributed by atoms with Crippen LogP contribution in [0.3, 0.4) is 0 Å². The topological polar surface area (TPSA) is 88.0 Å². The number of aromatic nitrogens is 1. The number of benzene rings is 1. The number of nitrogens with one attached hydrogen (secondary N) is 2. The maximum Gasteiger partial charge on any atom is 0.272 e. The number of aromatic amines is 1. The zero-order valence-corrected chi connectivity index (χ0v) is 11.7. The Balaban J connectivity index is 2.23. The summed E-state index contributed by atoms with van der Waals surface area (Å²) in [4.78, 5) is 25.6. The molecule has 0 bridgehead atoms. The zero-order valence-electron chi connectivity index (χ0n) is 10.9. The minimum absolute atomic E-state index is 0.173. The summed E-state index contributed by atoms with van der Waals surface area (Å²) in [5.74, 6) is 5.09. The van der Waals surface area contributed by atoms with Crippen molar-refractivity contribution in [3.05, 3.63) is 63.0 Å². The van der Waals surface area contributed by atoms with E-state index in [1.54, 1.807) is 18.2 Å². The smallest absolute Gasteiger partial charge is 0.272 e. The van der Waals surface area contributed by atoms with Crippen molar-refractivity contribution in [2.24, 2.45) is 5.73 Å². The molecule has 0 atom stereocenters. The van der Waals surface area contributed by atoms with Crippen LogP contribution in [0.25, 0.3) is 0 Å². The molecule has 0 unspecified atom stereocenters. The highest BCUT2D eigenvalue weighted by Gasteiger charge is 2.08. The van der Waals surface area contributed by atoms with Gasteiger partial charge in [0.05, 0.1) is 11.6 Å². The fraction of sp³-hybridized carbons (Fsp3) is 0.0667. The molecule has 0 radical (unpaired) electrons. The Labute approximate surface area is 126 Å². The van der Waals surface area contributed by atoms with Crippen molar-refractivity contribution < 1.29 is 4.79 Å². The van der Waals surface area contributed by atoms with E-state index in [0.717, 1.165) is 0 Å². The Morgan fingerprint density at radius 2 is 2.14 bits per heavy atom. The Morgan fingerprint density at radius 3 is 2.86 bits per heavy atom. The molecule has 1 amide bonds. The van der Waals surface area contributed by atoms with Crippen molar-refractivity contribution in [3.63, 3.8) is 0 Å². The number of hydrogen-bond donors (Lipinski definition) is 3. The number of anilines is 1. The molecule has 2 aromatic rings. The summed E-state index contributed by atoms with van der Waals surface area (Å²) in [5.41, 5.74) is 6.24. The molecule has 0 saturated heterocycles. The van der Waals surface area contributed by atoms with Gasteiger partial charge in [-0.15, -0.1) is 0 Å². The largest absolute Gasteiger partial charge is 0.321 e. The second kappa shape index (κ2) is 6.75. The second-order valence-electron chi connectivity index (χ2n) is 4.08. The SMILES string of the molecule is NCC#Cc1cc(NC(=O)c2cccc(=O)[nH]2)ccc1Cl. The first-order valence-electron chi connectivity index (χ1n) is 6.09. The summed E-state index contributed by atoms with van der Waals surface area (Å²) in [6, 6.07) is 9.28. The number of H-pyrrole nitrogens is 1. The van der Waals surface area contributed by atoms with Crippen LogP contribution >= 0.6 is 11.6 Å². The molecule has 5 nitrogen and oxygen atoms in total. The van der Waals surface area contributed by atoms with Gasteiger partial charge in [0.1, 0.15) is 5.69 Å². The first-order chi connectivity index (χ1) is 10.1. The van der Waals surface area contributed by atoms with Gasteiger partial charge in [0.15, 0.2) is 0 Å². The van der Waals surface area contributed by atoms with Crippen molar-refractivity contribution >= 4 is 23.2 Å². The average Bonchev–Trinajstić information content (AvgIpc) is 2.47. The molecule has 4 N–H and O–H groups in total. The number of rotatable bonds is 2. The first kappa shape index (κ1) is 14.9. The molecule has 0 aliphatic rings. The molecule has 2 rings (SSSR count). The highest BCUT2D eigenvalue weighted by Crippen LogP contribution is 2.20. The van der Waals surface area contributed by atoms with Gasteiger partial charge in [-0.05, 0) is 24.3 Å². The Hall–Kier alpha value is -2.55. The van der Waals surface area contributed by atoms with Crippen LogP contribution < -0.4 is 16.6 Å². The minimum atomic E-state index is -0.423. The molecule has 0 spiro atoms. The van der Waals surface area contributed by atoms with E-state index < -0.39 is 5.91 Å². The van der Waals surface area contributed by atoms with E-state index in [2.05, 4.69) is 22.1 Å². The molecule has 1 heterocycles. The van der Waals surface area contributed by atoms with Gasteiger partial charge in [-0.1, -0.05) is 29.5 Å². The predicted octanol–water partition coefficient (Wildman–Crippen LogP) is 1.59. The summed E-state index contributed by atoms with van der Waals surface area (Å²) in [6.07, 6.45) is 0. The molecular weight excluding hydrogens is 290 g/mol. The number of nitrogens with two attached hydrogens (primary N) is 1. The van der Waals surface area contributed by atoms with Crippen LogP contribution in [0.5, 0.6) is 0 Å². The van der Waals surface area contributed by atoms with Crippen molar-refractivity contribution in [1.82, 2.24) is 4.98 Å². The van der Waals surface area contributed by atoms with E-state index in [0.29, 0.717) is 16.3 Å². The fourth-order valence-electron chi connectivity index (χ4n) is 1.62. The van der Waals surface area contributed by atoms with Crippen LogP contribution in [0.15, 0.2) is 41.2 Å². The van der Waals surface area contributed by atoms with Crippen LogP contribution in [0, 0.1) is 11.8 Å². The van der Waals surface area contributed by atoms with Crippen molar-refractivity contribution in [1.29, 1.82) is 0 Å². The highest BCUT2D eigenvalue weighted by atomic mass is 35.5. The van der Waals surface area contributed by atoms with Crippen LogP contribution in [0.4, 0.5) is 5.69 Å². The van der Waals surface area contributed by atoms with Gasteiger partial charge in [0.2, 0.25) is 5.56 Å². The lowest BCUT2D eigenvalue weighted by Gasteiger charge is -2.06. The first-order valence-corrected chi connectivity index (χ1v) is 6.47. The summed E-state index contributed by atoms with van der Waals surface area (Å²) in [7, 11) is 0. The Kier molecular flexibility index (Phi) is 4.77. The highest BCUT2D eigenvalue weighted by molar-refractivity contribution is 6.31. The standard InChI is InChI=1S/C15H12ClN3O2/c16-12-7-6-11(9-10(12)3-2-8-17)18-15(21)13-4-1-5-14(20)19-13/h1,4-7,9H,8,17H2,(H,18,21)(H,19,20). The number of halogens is 1. The van der Waals surface area contributed by atoms with Crippen molar-refractivity contribution in [3.8, 4) is 11.8 Å². The van der Waals surface area contributed by atoms with Crippen LogP contribution in [0.1, 0.15) is 16.1 Å². The normalized spacial score (nSPS) is 9.62. The fourth-order valence-corrected chi connectivity index (χ4v) is 1.79. The Morgan fingerprint density at radius 1 is 1.33 bits per heavy atom. The lowest BCUT2D eigenvalue weighted by Crippen LogP contribution is -2.17. The number of pyridine rings is 1. The minimum Gasteiger partial charge on any atom is -0.321 e. The van der Waals surface area contributed by atoms with Gasteiger partial charge in [-0.25, -0.2) is 0 Å². The maximum atomic E-state index is 12.0. The van der Waals surface area contributed by atoms with Crippen LogP contribution in [-0.2, 0) is 0 Å². The lowest BCUT2D eigenvalue weighted by atomic mass is 10.2. The van der Waals surface area contributed by atoms with E-state index in [4.69, 9.17) is 17.3 Å². The second-order valence-corrected chi connectivity index (χ2v) is 4.49. The van der Waals surface area contributed by atoms with Crippen molar-refractivity contribution in [2.45, 2.75) is 0 Å². The van der Waals surface area contributed by atoms with Gasteiger partial charge in [0, 0.05) is 17.3 Å². The molecule has 0 saturated carbocycles. The molecule has 106 valence electrons. The van der Waals surface area contributed by atoms with Crippen LogP contribution in [0.2, 0.25) is 5.02 Å². The molecule has 0 aliphatic carbocycles. The van der Waals surface area contributed by atoms with E-state index >= 15 is 0 Å². The monoisotopic (exact) mass is 301 g/mol. The van der Waals surface area contributed by atoms with Gasteiger partial charge in [-0.2, -0.15) is 0 Å². The molecule has 1 aromatic carbocycles. The third-order valence-corrected chi connectivity index (χ3v) is 2.89. The van der Waals surface area contributed by atoms with E-state index in [9.17, 15) is 9.59 Å². The van der Waals surface area contributed by atoms with Gasteiger partial charge >= 0.3 is 0 Å². The summed E-state index contributed by atoms with van der Waals surface area (Å²) < 4.78 is 0. The number of amides is 1. The predicted molar refractivity (Wildman–Crippen MR) is 82.4 cm³/mol. The number of carbonyl (C=O) groups excluding carboxylic acids is 1. The van der Waals surface area contributed by atoms with Gasteiger partial charge in [-0.3, -0.25) is 9.59 Å². The van der Waals surface area contributed by atoms with Gasteiger partial charge in [0.25, 0.3) is 5.91 Å². The summed E-state index contributed by atoms with van der Waals surface area (Å²) >= 11 is 6.00. The molecule has 21 heavy (non-hydrogen) atoms. The Bertz CT molecular complexity index is 787. The molecular formula is C15H12ClN3O2. The van der Waals surface area contributed by atoms with Crippen molar-refractivity contribution in [2.75, 3.05) is 11.9 Å². The zero-order chi connectivity index (χ0) is 15.2.